The second-order valence-electron chi connectivity index (χ2n) is 6.29. The van der Waals surface area contributed by atoms with Gasteiger partial charge in [-0.25, -0.2) is 4.68 Å². The normalized spacial score (nSPS) is 10.9. The highest BCUT2D eigenvalue weighted by Gasteiger charge is 2.14. The smallest absolute Gasteiger partial charge is 0.387 e. The van der Waals surface area contributed by atoms with E-state index >= 15 is 0 Å². The first-order valence-electron chi connectivity index (χ1n) is 8.58. The van der Waals surface area contributed by atoms with Crippen molar-refractivity contribution in [1.29, 1.82) is 0 Å². The molecule has 0 unspecified atom stereocenters. The lowest BCUT2D eigenvalue weighted by molar-refractivity contribution is -0.113. The molecule has 1 amide bonds. The molecule has 10 heteroatoms. The highest BCUT2D eigenvalue weighted by molar-refractivity contribution is 7.99. The van der Waals surface area contributed by atoms with E-state index in [2.05, 4.69) is 20.3 Å². The van der Waals surface area contributed by atoms with Gasteiger partial charge in [0.2, 0.25) is 11.1 Å². The Morgan fingerprint density at radius 3 is 2.45 bits per heavy atom. The molecule has 2 aromatic carbocycles. The Kier molecular flexibility index (Phi) is 6.32. The summed E-state index contributed by atoms with van der Waals surface area (Å²) in [5, 5.41) is 11.2. The Hall–Kier alpha value is -3.14. The monoisotopic (exact) mass is 419 g/mol. The predicted octanol–water partition coefficient (Wildman–Crippen LogP) is 3.61. The van der Waals surface area contributed by atoms with Crippen LogP contribution in [0.15, 0.2) is 47.6 Å². The van der Waals surface area contributed by atoms with E-state index in [0.717, 1.165) is 28.6 Å². The Bertz CT molecular complexity index is 988. The lowest BCUT2D eigenvalue weighted by atomic mass is 10.1. The molecule has 3 aromatic rings. The van der Waals surface area contributed by atoms with Gasteiger partial charge < -0.3 is 15.9 Å². The highest BCUT2D eigenvalue weighted by Crippen LogP contribution is 2.24. The number of ether oxygens (including phenoxy) is 1. The average molecular weight is 419 g/mol. The molecule has 0 spiro atoms. The number of benzene rings is 2. The first-order valence-corrected chi connectivity index (χ1v) is 9.57. The summed E-state index contributed by atoms with van der Waals surface area (Å²) in [6.45, 7) is 1.03. The maximum atomic E-state index is 12.2. The van der Waals surface area contributed by atoms with Crippen molar-refractivity contribution in [2.24, 2.45) is 0 Å². The summed E-state index contributed by atoms with van der Waals surface area (Å²) in [5.74, 6) is 6.30. The molecular weight excluding hydrogens is 400 g/mol. The minimum atomic E-state index is -2.89. The summed E-state index contributed by atoms with van der Waals surface area (Å²) in [4.78, 5) is 12.2. The topological polar surface area (TPSA) is 95.1 Å². The van der Waals surface area contributed by atoms with Crippen molar-refractivity contribution in [3.63, 3.8) is 0 Å². The Morgan fingerprint density at radius 1 is 1.17 bits per heavy atom. The molecule has 0 bridgehead atoms. The number of carbonyl (C=O) groups excluding carboxylic acids is 1. The molecule has 1 aromatic heterocycles. The van der Waals surface area contributed by atoms with E-state index in [1.54, 1.807) is 12.1 Å². The van der Waals surface area contributed by atoms with E-state index in [1.165, 1.54) is 16.8 Å². The third-order valence-corrected chi connectivity index (χ3v) is 4.78. The van der Waals surface area contributed by atoms with Crippen molar-refractivity contribution in [3.05, 3.63) is 53.6 Å². The Balaban J connectivity index is 1.62. The zero-order valence-corrected chi connectivity index (χ0v) is 16.5. The molecule has 3 rings (SSSR count). The molecule has 1 heterocycles. The summed E-state index contributed by atoms with van der Waals surface area (Å²) >= 11 is 1.14. The average Bonchev–Trinajstić information content (AvgIpc) is 3.00. The number of alkyl halides is 2. The van der Waals surface area contributed by atoms with Crippen molar-refractivity contribution >= 4 is 23.4 Å². The van der Waals surface area contributed by atoms with Crippen LogP contribution in [0.3, 0.4) is 0 Å². The standard InChI is InChI=1S/C19H19F2N5O2S/c1-11-7-12(2)9-14(8-11)23-16(27)10-29-19-25-24-17(26(19)22)13-3-5-15(6-4-13)28-18(20)21/h3-9,18H,10,22H2,1-2H3,(H,23,27). The van der Waals surface area contributed by atoms with Crippen molar-refractivity contribution in [2.75, 3.05) is 16.9 Å². The predicted molar refractivity (Wildman–Crippen MR) is 108 cm³/mol. The van der Waals surface area contributed by atoms with E-state index in [-0.39, 0.29) is 17.4 Å². The van der Waals surface area contributed by atoms with Crippen LogP contribution in [0.25, 0.3) is 11.4 Å². The van der Waals surface area contributed by atoms with Gasteiger partial charge in [0.15, 0.2) is 5.82 Å². The van der Waals surface area contributed by atoms with Gasteiger partial charge in [-0.1, -0.05) is 17.8 Å². The quantitative estimate of drug-likeness (QED) is 0.449. The van der Waals surface area contributed by atoms with Crippen LogP contribution in [0, 0.1) is 13.8 Å². The highest BCUT2D eigenvalue weighted by atomic mass is 32.2. The van der Waals surface area contributed by atoms with Gasteiger partial charge in [-0.2, -0.15) is 8.78 Å². The number of nitrogens with two attached hydrogens (primary N) is 1. The van der Waals surface area contributed by atoms with E-state index in [9.17, 15) is 13.6 Å². The zero-order chi connectivity index (χ0) is 21.0. The minimum Gasteiger partial charge on any atom is -0.435 e. The van der Waals surface area contributed by atoms with Crippen LogP contribution in [0.2, 0.25) is 0 Å². The number of anilines is 1. The SMILES string of the molecule is Cc1cc(C)cc(NC(=O)CSc2nnc(-c3ccc(OC(F)F)cc3)n2N)c1. The number of nitrogens with one attached hydrogen (secondary N) is 1. The van der Waals surface area contributed by atoms with Crippen LogP contribution in [0.1, 0.15) is 11.1 Å². The van der Waals surface area contributed by atoms with Gasteiger partial charge in [-0.3, -0.25) is 4.79 Å². The van der Waals surface area contributed by atoms with E-state index < -0.39 is 6.61 Å². The summed E-state index contributed by atoms with van der Waals surface area (Å²) < 4.78 is 30.0. The Labute approximate surface area is 170 Å². The lowest BCUT2D eigenvalue weighted by Gasteiger charge is -2.08. The summed E-state index contributed by atoms with van der Waals surface area (Å²) in [7, 11) is 0. The molecule has 0 fully saturated rings. The van der Waals surface area contributed by atoms with Crippen LogP contribution >= 0.6 is 11.8 Å². The molecule has 0 aliphatic rings. The van der Waals surface area contributed by atoms with Crippen molar-refractivity contribution in [3.8, 4) is 17.1 Å². The third-order valence-electron chi connectivity index (χ3n) is 3.84. The second kappa shape index (κ2) is 8.91. The van der Waals surface area contributed by atoms with Gasteiger partial charge in [-0.05, 0) is 61.4 Å². The number of thioether (sulfide) groups is 1. The van der Waals surface area contributed by atoms with Gasteiger partial charge in [0.1, 0.15) is 5.75 Å². The van der Waals surface area contributed by atoms with Gasteiger partial charge in [0.05, 0.1) is 5.75 Å². The van der Waals surface area contributed by atoms with Crippen LogP contribution in [0.4, 0.5) is 14.5 Å². The Morgan fingerprint density at radius 2 is 1.83 bits per heavy atom. The zero-order valence-electron chi connectivity index (χ0n) is 15.7. The second-order valence-corrected chi connectivity index (χ2v) is 7.23. The van der Waals surface area contributed by atoms with Crippen molar-refractivity contribution in [1.82, 2.24) is 14.9 Å². The maximum absolute atomic E-state index is 12.2. The van der Waals surface area contributed by atoms with E-state index in [1.807, 2.05) is 32.0 Å². The summed E-state index contributed by atoms with van der Waals surface area (Å²) in [6, 6.07) is 11.7. The number of rotatable bonds is 7. The lowest BCUT2D eigenvalue weighted by Crippen LogP contribution is -2.16. The van der Waals surface area contributed by atoms with Crippen LogP contribution in [-0.4, -0.2) is 33.1 Å². The number of nitrogen functional groups attached to an aromatic ring is 1. The van der Waals surface area contributed by atoms with E-state index in [4.69, 9.17) is 5.84 Å². The molecule has 152 valence electrons. The van der Waals surface area contributed by atoms with Crippen molar-refractivity contribution < 1.29 is 18.3 Å². The molecule has 0 saturated carbocycles. The van der Waals surface area contributed by atoms with Gasteiger partial charge in [0, 0.05) is 11.3 Å². The largest absolute Gasteiger partial charge is 0.435 e. The molecule has 0 aliphatic heterocycles. The summed E-state index contributed by atoms with van der Waals surface area (Å²) in [5.41, 5.74) is 3.43. The number of aromatic nitrogens is 3. The maximum Gasteiger partial charge on any atom is 0.387 e. The molecule has 0 saturated heterocycles. The van der Waals surface area contributed by atoms with Crippen molar-refractivity contribution in [2.45, 2.75) is 25.6 Å². The number of halogens is 2. The number of amides is 1. The minimum absolute atomic E-state index is 0.0319. The molecule has 7 nitrogen and oxygen atoms in total. The first-order chi connectivity index (χ1) is 13.8. The molecule has 0 aliphatic carbocycles. The molecule has 3 N–H and O–H groups in total. The van der Waals surface area contributed by atoms with Crippen LogP contribution in [-0.2, 0) is 4.79 Å². The van der Waals surface area contributed by atoms with Gasteiger partial charge in [-0.15, -0.1) is 10.2 Å². The number of hydrogen-bond donors (Lipinski definition) is 2. The van der Waals surface area contributed by atoms with Crippen LogP contribution in [0.5, 0.6) is 5.75 Å². The summed E-state index contributed by atoms with van der Waals surface area (Å²) in [6.07, 6.45) is 0. The molecule has 0 radical (unpaired) electrons. The number of carbonyl (C=O) groups is 1. The first kappa shape index (κ1) is 20.6. The van der Waals surface area contributed by atoms with E-state index in [0.29, 0.717) is 16.5 Å². The third kappa shape index (κ3) is 5.44. The number of nitrogens with zero attached hydrogens (tertiary/aromatic N) is 3. The molecule has 0 atom stereocenters. The van der Waals surface area contributed by atoms with Gasteiger partial charge >= 0.3 is 6.61 Å². The molecular formula is C19H19F2N5O2S. The fourth-order valence-corrected chi connectivity index (χ4v) is 3.39. The number of hydrogen-bond acceptors (Lipinski definition) is 6. The fourth-order valence-electron chi connectivity index (χ4n) is 2.73. The number of aryl methyl sites for hydroxylation is 2. The fraction of sp³-hybridized carbons (Fsp3) is 0.211. The molecule has 29 heavy (non-hydrogen) atoms. The van der Waals surface area contributed by atoms with Gasteiger partial charge in [0.25, 0.3) is 0 Å². The van der Waals surface area contributed by atoms with Crippen LogP contribution < -0.4 is 15.9 Å².